The molecule has 188 valence electrons. The monoisotopic (exact) mass is 513 g/mol. The van der Waals surface area contributed by atoms with Gasteiger partial charge in [0.05, 0.1) is 24.6 Å². The molecule has 3 aromatic heterocycles. The number of H-pyrrole nitrogens is 1. The molecule has 0 unspecified atom stereocenters. The number of tetrazole rings is 1. The van der Waals surface area contributed by atoms with Crippen molar-refractivity contribution in [3.63, 3.8) is 0 Å². The zero-order valence-electron chi connectivity index (χ0n) is 20.6. The quantitative estimate of drug-likeness (QED) is 0.237. The molecule has 0 saturated carbocycles. The number of aryl methyl sites for hydroxylation is 1. The van der Waals surface area contributed by atoms with Crippen molar-refractivity contribution < 1.29 is 4.74 Å². The number of unbranched alkanes of at least 4 members (excludes halogenated alkanes) is 1. The highest BCUT2D eigenvalue weighted by molar-refractivity contribution is 6.30. The van der Waals surface area contributed by atoms with E-state index in [0.29, 0.717) is 30.7 Å². The average molecular weight is 514 g/mol. The van der Waals surface area contributed by atoms with E-state index in [-0.39, 0.29) is 0 Å². The SMILES string of the molecule is CCCCc1nc(Cl)c(COCc2ccccn2)n1Cc1ccc(-c2ccccc2)c(-c2nn[nH]n2)c1. The Kier molecular flexibility index (Phi) is 7.98. The van der Waals surface area contributed by atoms with Gasteiger partial charge < -0.3 is 9.30 Å². The van der Waals surface area contributed by atoms with Gasteiger partial charge in [-0.3, -0.25) is 4.98 Å². The number of hydrogen-bond donors (Lipinski definition) is 1. The minimum absolute atomic E-state index is 0.342. The Balaban J connectivity index is 1.46. The van der Waals surface area contributed by atoms with Crippen molar-refractivity contribution in [2.45, 2.75) is 45.9 Å². The van der Waals surface area contributed by atoms with Crippen molar-refractivity contribution in [1.29, 1.82) is 0 Å². The van der Waals surface area contributed by atoms with Gasteiger partial charge in [0, 0.05) is 24.7 Å². The Hall–Kier alpha value is -3.88. The lowest BCUT2D eigenvalue weighted by Crippen LogP contribution is -2.11. The van der Waals surface area contributed by atoms with Crippen LogP contribution in [-0.4, -0.2) is 35.2 Å². The van der Waals surface area contributed by atoms with E-state index in [1.165, 1.54) is 0 Å². The fourth-order valence-electron chi connectivity index (χ4n) is 4.29. The predicted molar refractivity (Wildman–Crippen MR) is 143 cm³/mol. The van der Waals surface area contributed by atoms with Crippen LogP contribution in [-0.2, 0) is 30.9 Å². The van der Waals surface area contributed by atoms with Crippen molar-refractivity contribution in [2.24, 2.45) is 0 Å². The smallest absolute Gasteiger partial charge is 0.205 e. The largest absolute Gasteiger partial charge is 0.369 e. The Morgan fingerprint density at radius 1 is 0.973 bits per heavy atom. The lowest BCUT2D eigenvalue weighted by molar-refractivity contribution is 0.0997. The summed E-state index contributed by atoms with van der Waals surface area (Å²) in [6, 6.07) is 22.3. The summed E-state index contributed by atoms with van der Waals surface area (Å²) >= 11 is 6.63. The normalized spacial score (nSPS) is 11.2. The lowest BCUT2D eigenvalue weighted by Gasteiger charge is -2.15. The predicted octanol–water partition coefficient (Wildman–Crippen LogP) is 5.89. The molecule has 3 heterocycles. The molecule has 0 aliphatic rings. The first-order chi connectivity index (χ1) is 18.2. The highest BCUT2D eigenvalue weighted by atomic mass is 35.5. The summed E-state index contributed by atoms with van der Waals surface area (Å²) in [6.45, 7) is 3.51. The Bertz CT molecular complexity index is 1420. The molecule has 0 aliphatic carbocycles. The molecule has 37 heavy (non-hydrogen) atoms. The zero-order valence-corrected chi connectivity index (χ0v) is 21.4. The summed E-state index contributed by atoms with van der Waals surface area (Å²) in [5.41, 5.74) is 5.85. The number of ether oxygens (including phenoxy) is 1. The van der Waals surface area contributed by atoms with E-state index in [9.17, 15) is 0 Å². The summed E-state index contributed by atoms with van der Waals surface area (Å²) < 4.78 is 8.18. The number of halogens is 1. The molecule has 2 aromatic carbocycles. The summed E-state index contributed by atoms with van der Waals surface area (Å²) in [5.74, 6) is 1.51. The van der Waals surface area contributed by atoms with Crippen molar-refractivity contribution in [2.75, 3.05) is 0 Å². The number of pyridine rings is 1. The number of aromatic amines is 1. The van der Waals surface area contributed by atoms with Crippen LogP contribution in [0.15, 0.2) is 72.9 Å². The van der Waals surface area contributed by atoms with Gasteiger partial charge in [-0.15, -0.1) is 10.2 Å². The minimum Gasteiger partial charge on any atom is -0.369 e. The second kappa shape index (κ2) is 11.9. The van der Waals surface area contributed by atoms with Crippen LogP contribution in [0.4, 0.5) is 0 Å². The number of nitrogens with one attached hydrogen (secondary N) is 1. The highest BCUT2D eigenvalue weighted by Gasteiger charge is 2.18. The van der Waals surface area contributed by atoms with Gasteiger partial charge in [-0.1, -0.05) is 73.5 Å². The fraction of sp³-hybridized carbons (Fsp3) is 0.250. The van der Waals surface area contributed by atoms with Crippen molar-refractivity contribution >= 4 is 11.6 Å². The van der Waals surface area contributed by atoms with Gasteiger partial charge >= 0.3 is 0 Å². The summed E-state index contributed by atoms with van der Waals surface area (Å²) in [7, 11) is 0. The summed E-state index contributed by atoms with van der Waals surface area (Å²) in [5, 5.41) is 15.3. The van der Waals surface area contributed by atoms with Gasteiger partial charge in [-0.05, 0) is 46.5 Å². The van der Waals surface area contributed by atoms with Crippen molar-refractivity contribution in [3.8, 4) is 22.5 Å². The number of hydrogen-bond acceptors (Lipinski definition) is 6. The van der Waals surface area contributed by atoms with E-state index in [2.05, 4.69) is 67.4 Å². The Morgan fingerprint density at radius 2 is 1.84 bits per heavy atom. The van der Waals surface area contributed by atoms with Crippen LogP contribution in [0.25, 0.3) is 22.5 Å². The van der Waals surface area contributed by atoms with E-state index in [0.717, 1.165) is 58.7 Å². The van der Waals surface area contributed by atoms with Gasteiger partial charge in [0.2, 0.25) is 5.82 Å². The molecular formula is C28H28ClN7O. The second-order valence-electron chi connectivity index (χ2n) is 8.75. The lowest BCUT2D eigenvalue weighted by atomic mass is 9.97. The molecule has 0 radical (unpaired) electrons. The van der Waals surface area contributed by atoms with E-state index >= 15 is 0 Å². The maximum Gasteiger partial charge on any atom is 0.205 e. The third-order valence-electron chi connectivity index (χ3n) is 6.17. The molecule has 0 saturated heterocycles. The van der Waals surface area contributed by atoms with Crippen LogP contribution >= 0.6 is 11.6 Å². The van der Waals surface area contributed by atoms with E-state index in [4.69, 9.17) is 21.3 Å². The van der Waals surface area contributed by atoms with E-state index in [1.54, 1.807) is 6.20 Å². The van der Waals surface area contributed by atoms with Gasteiger partial charge in [0.15, 0.2) is 5.15 Å². The van der Waals surface area contributed by atoms with Crippen LogP contribution in [0.2, 0.25) is 5.15 Å². The molecule has 5 aromatic rings. The number of nitrogens with zero attached hydrogens (tertiary/aromatic N) is 6. The molecule has 0 spiro atoms. The average Bonchev–Trinajstić information content (AvgIpc) is 3.57. The first kappa shape index (κ1) is 24.8. The van der Waals surface area contributed by atoms with Gasteiger partial charge in [-0.2, -0.15) is 5.21 Å². The molecule has 5 rings (SSSR count). The highest BCUT2D eigenvalue weighted by Crippen LogP contribution is 2.31. The molecule has 8 nitrogen and oxygen atoms in total. The molecule has 9 heteroatoms. The van der Waals surface area contributed by atoms with Gasteiger partial charge in [-0.25, -0.2) is 4.98 Å². The third-order valence-corrected chi connectivity index (χ3v) is 6.47. The molecule has 0 atom stereocenters. The van der Waals surface area contributed by atoms with Crippen LogP contribution in [0, 0.1) is 0 Å². The molecule has 1 N–H and O–H groups in total. The number of benzene rings is 2. The number of imidazole rings is 1. The molecule has 0 aliphatic heterocycles. The summed E-state index contributed by atoms with van der Waals surface area (Å²) in [4.78, 5) is 9.04. The standard InChI is InChI=1S/C28H28ClN7O/c1-2-3-12-26-31-27(29)25(19-37-18-22-11-7-8-15-30-22)36(26)17-20-13-14-23(21-9-5-4-6-10-21)24(16-20)28-32-34-35-33-28/h4-11,13-16H,2-3,12,17-19H2,1H3,(H,32,33,34,35). The zero-order chi connectivity index (χ0) is 25.5. The Morgan fingerprint density at radius 3 is 2.59 bits per heavy atom. The van der Waals surface area contributed by atoms with E-state index in [1.807, 2.05) is 36.4 Å². The first-order valence-electron chi connectivity index (χ1n) is 12.4. The molecule has 0 fully saturated rings. The van der Waals surface area contributed by atoms with Gasteiger partial charge in [0.25, 0.3) is 0 Å². The maximum absolute atomic E-state index is 6.63. The van der Waals surface area contributed by atoms with Gasteiger partial charge in [0.1, 0.15) is 5.82 Å². The van der Waals surface area contributed by atoms with Crippen molar-refractivity contribution in [3.05, 3.63) is 101 Å². The number of rotatable bonds is 11. The van der Waals surface area contributed by atoms with Crippen LogP contribution in [0.1, 0.15) is 42.5 Å². The third kappa shape index (κ3) is 5.93. The molecule has 0 bridgehead atoms. The van der Waals surface area contributed by atoms with Crippen LogP contribution in [0.5, 0.6) is 0 Å². The van der Waals surface area contributed by atoms with Crippen LogP contribution < -0.4 is 0 Å². The first-order valence-corrected chi connectivity index (χ1v) is 12.7. The minimum atomic E-state index is 0.342. The second-order valence-corrected chi connectivity index (χ2v) is 9.11. The Labute approximate surface area is 220 Å². The number of aromatic nitrogens is 7. The molecular weight excluding hydrogens is 486 g/mol. The fourth-order valence-corrected chi connectivity index (χ4v) is 4.55. The summed E-state index contributed by atoms with van der Waals surface area (Å²) in [6.07, 6.45) is 4.71. The topological polar surface area (TPSA) is 94.4 Å². The maximum atomic E-state index is 6.63. The van der Waals surface area contributed by atoms with Crippen LogP contribution in [0.3, 0.4) is 0 Å². The van der Waals surface area contributed by atoms with E-state index < -0.39 is 0 Å². The van der Waals surface area contributed by atoms with Crippen molar-refractivity contribution in [1.82, 2.24) is 35.2 Å². The molecule has 0 amide bonds.